The van der Waals surface area contributed by atoms with E-state index >= 15 is 0 Å². The van der Waals surface area contributed by atoms with Crippen molar-refractivity contribution >= 4 is 12.2 Å². The van der Waals surface area contributed by atoms with Crippen LogP contribution in [0.25, 0.3) is 0 Å². The Morgan fingerprint density at radius 3 is 2.34 bits per heavy atom. The Morgan fingerprint density at radius 2 is 1.72 bits per heavy atom. The number of para-hydroxylation sites is 1. The Hall–Kier alpha value is -2.90. The van der Waals surface area contributed by atoms with Gasteiger partial charge in [-0.1, -0.05) is 48.5 Å². The van der Waals surface area contributed by atoms with Crippen molar-refractivity contribution in [3.05, 3.63) is 86.4 Å². The monoisotopic (exact) mass is 411 g/mol. The van der Waals surface area contributed by atoms with Gasteiger partial charge in [0.25, 0.3) is 5.56 Å². The zero-order valence-electron chi connectivity index (χ0n) is 16.7. The minimum atomic E-state index is -0.554. The molecule has 29 heavy (non-hydrogen) atoms. The number of rotatable bonds is 7. The lowest BCUT2D eigenvalue weighted by Crippen LogP contribution is -2.38. The summed E-state index contributed by atoms with van der Waals surface area (Å²) in [5.74, 6) is 0.394. The summed E-state index contributed by atoms with van der Waals surface area (Å²) in [6.45, 7) is 4.69. The van der Waals surface area contributed by atoms with E-state index in [2.05, 4.69) is 28.7 Å². The van der Waals surface area contributed by atoms with E-state index in [0.717, 1.165) is 11.1 Å². The molecule has 1 heterocycles. The Kier molecular flexibility index (Phi) is 6.51. The number of hydrogen-bond donors (Lipinski definition) is 3. The van der Waals surface area contributed by atoms with Crippen LogP contribution in [0.15, 0.2) is 59.4 Å². The van der Waals surface area contributed by atoms with Gasteiger partial charge in [0, 0.05) is 18.2 Å². The van der Waals surface area contributed by atoms with E-state index in [-0.39, 0.29) is 22.3 Å². The molecule has 3 aromatic rings. The van der Waals surface area contributed by atoms with Gasteiger partial charge in [-0.15, -0.1) is 0 Å². The number of aromatic amines is 2. The summed E-state index contributed by atoms with van der Waals surface area (Å²) in [4.78, 5) is 20.3. The van der Waals surface area contributed by atoms with E-state index in [1.807, 2.05) is 54.6 Å². The highest BCUT2D eigenvalue weighted by Gasteiger charge is 2.32. The van der Waals surface area contributed by atoms with Gasteiger partial charge in [-0.3, -0.25) is 14.7 Å². The minimum absolute atomic E-state index is 0.0621. The molecule has 0 aliphatic heterocycles. The molecule has 152 valence electrons. The zero-order chi connectivity index (χ0) is 21.0. The summed E-state index contributed by atoms with van der Waals surface area (Å²) in [5.41, 5.74) is 1.65. The molecule has 1 atom stereocenters. The van der Waals surface area contributed by atoms with Crippen molar-refractivity contribution in [3.63, 3.8) is 0 Å². The average molecular weight is 412 g/mol. The normalized spacial score (nSPS) is 12.3. The fraction of sp³-hybridized carbons (Fsp3) is 0.273. The van der Waals surface area contributed by atoms with Crippen LogP contribution in [-0.2, 0) is 6.54 Å². The molecular formula is C22H25N3O3S. The predicted molar refractivity (Wildman–Crippen MR) is 116 cm³/mol. The summed E-state index contributed by atoms with van der Waals surface area (Å²) in [5, 5.41) is 10.7. The van der Waals surface area contributed by atoms with Crippen LogP contribution >= 0.6 is 12.2 Å². The molecule has 6 nitrogen and oxygen atoms in total. The van der Waals surface area contributed by atoms with E-state index in [0.29, 0.717) is 12.3 Å². The lowest BCUT2D eigenvalue weighted by molar-refractivity contribution is 0.161. The van der Waals surface area contributed by atoms with Gasteiger partial charge >= 0.3 is 0 Å². The molecule has 0 spiro atoms. The number of aromatic hydroxyl groups is 1. The SMILES string of the molecule is COc1ccccc1C(c1c(O)[nH]c(=S)[nH]c1=O)N(Cc1ccccc1)C(C)C. The molecule has 1 aromatic heterocycles. The molecule has 0 fully saturated rings. The molecule has 0 radical (unpaired) electrons. The molecule has 3 N–H and O–H groups in total. The highest BCUT2D eigenvalue weighted by molar-refractivity contribution is 7.71. The Labute approximate surface area is 174 Å². The molecular weight excluding hydrogens is 386 g/mol. The Balaban J connectivity index is 2.24. The van der Waals surface area contributed by atoms with Crippen LogP contribution in [0.5, 0.6) is 11.6 Å². The molecule has 2 aromatic carbocycles. The maximum absolute atomic E-state index is 12.9. The average Bonchev–Trinajstić information content (AvgIpc) is 2.70. The largest absolute Gasteiger partial charge is 0.496 e. The second-order valence-corrected chi connectivity index (χ2v) is 7.47. The highest BCUT2D eigenvalue weighted by atomic mass is 32.1. The maximum atomic E-state index is 12.9. The van der Waals surface area contributed by atoms with Gasteiger partial charge in [-0.25, -0.2) is 0 Å². The van der Waals surface area contributed by atoms with Gasteiger partial charge in [0.15, 0.2) is 4.77 Å². The molecule has 0 aliphatic rings. The Bertz CT molecular complexity index is 1080. The van der Waals surface area contributed by atoms with Crippen LogP contribution in [0, 0.1) is 4.77 Å². The van der Waals surface area contributed by atoms with E-state index < -0.39 is 11.6 Å². The smallest absolute Gasteiger partial charge is 0.260 e. The van der Waals surface area contributed by atoms with Crippen LogP contribution in [-0.4, -0.2) is 33.1 Å². The summed E-state index contributed by atoms with van der Waals surface area (Å²) < 4.78 is 5.66. The number of ether oxygens (including phenoxy) is 1. The number of nitrogens with one attached hydrogen (secondary N) is 2. The number of H-pyrrole nitrogens is 2. The lowest BCUT2D eigenvalue weighted by Gasteiger charge is -2.36. The van der Waals surface area contributed by atoms with Crippen molar-refractivity contribution in [2.24, 2.45) is 0 Å². The summed E-state index contributed by atoms with van der Waals surface area (Å²) >= 11 is 5.01. The van der Waals surface area contributed by atoms with Crippen molar-refractivity contribution in [2.45, 2.75) is 32.5 Å². The van der Waals surface area contributed by atoms with Gasteiger partial charge < -0.3 is 14.8 Å². The van der Waals surface area contributed by atoms with E-state index in [1.165, 1.54) is 0 Å². The van der Waals surface area contributed by atoms with Crippen molar-refractivity contribution < 1.29 is 9.84 Å². The quantitative estimate of drug-likeness (QED) is 0.509. The summed E-state index contributed by atoms with van der Waals surface area (Å²) in [6, 6.07) is 17.0. The summed E-state index contributed by atoms with van der Waals surface area (Å²) in [6.07, 6.45) is 0. The minimum Gasteiger partial charge on any atom is -0.496 e. The fourth-order valence-electron chi connectivity index (χ4n) is 3.50. The van der Waals surface area contributed by atoms with Gasteiger partial charge in [0.2, 0.25) is 5.88 Å². The maximum Gasteiger partial charge on any atom is 0.260 e. The molecule has 0 saturated carbocycles. The fourth-order valence-corrected chi connectivity index (χ4v) is 3.69. The first-order chi connectivity index (χ1) is 13.9. The molecule has 0 amide bonds. The number of nitrogens with zero attached hydrogens (tertiary/aromatic N) is 1. The number of hydrogen-bond acceptors (Lipinski definition) is 5. The van der Waals surface area contributed by atoms with Gasteiger partial charge in [0.1, 0.15) is 5.75 Å². The standard InChI is InChI=1S/C22H25N3O3S/c1-14(2)25(13-15-9-5-4-6-10-15)19(16-11-7-8-12-17(16)28-3)18-20(26)23-22(29)24-21(18)27/h4-12,14,19H,13H2,1-3H3,(H3,23,24,26,27,29). The van der Waals surface area contributed by atoms with Crippen LogP contribution < -0.4 is 10.3 Å². The van der Waals surface area contributed by atoms with Crippen LogP contribution in [0.3, 0.4) is 0 Å². The summed E-state index contributed by atoms with van der Waals surface area (Å²) in [7, 11) is 1.59. The van der Waals surface area contributed by atoms with Crippen molar-refractivity contribution in [2.75, 3.05) is 7.11 Å². The second kappa shape index (κ2) is 9.07. The molecule has 0 bridgehead atoms. The zero-order valence-corrected chi connectivity index (χ0v) is 17.5. The highest BCUT2D eigenvalue weighted by Crippen LogP contribution is 2.37. The van der Waals surface area contributed by atoms with Gasteiger partial charge in [0.05, 0.1) is 18.7 Å². The van der Waals surface area contributed by atoms with Crippen molar-refractivity contribution in [1.82, 2.24) is 14.9 Å². The third-order valence-electron chi connectivity index (χ3n) is 4.87. The number of benzene rings is 2. The lowest BCUT2D eigenvalue weighted by atomic mass is 9.95. The van der Waals surface area contributed by atoms with E-state index in [4.69, 9.17) is 17.0 Å². The third-order valence-corrected chi connectivity index (χ3v) is 5.07. The van der Waals surface area contributed by atoms with E-state index in [9.17, 15) is 9.90 Å². The molecule has 0 aliphatic carbocycles. The second-order valence-electron chi connectivity index (χ2n) is 7.07. The first kappa shape index (κ1) is 20.8. The van der Waals surface area contributed by atoms with Gasteiger partial charge in [-0.05, 0) is 37.7 Å². The van der Waals surface area contributed by atoms with E-state index in [1.54, 1.807) is 7.11 Å². The Morgan fingerprint density at radius 1 is 1.07 bits per heavy atom. The number of aromatic nitrogens is 2. The van der Waals surface area contributed by atoms with Crippen LogP contribution in [0.2, 0.25) is 0 Å². The molecule has 1 unspecified atom stereocenters. The molecule has 7 heteroatoms. The molecule has 3 rings (SSSR count). The number of methoxy groups -OCH3 is 1. The van der Waals surface area contributed by atoms with Crippen molar-refractivity contribution in [3.8, 4) is 11.6 Å². The predicted octanol–water partition coefficient (Wildman–Crippen LogP) is 4.15. The third kappa shape index (κ3) is 4.58. The molecule has 0 saturated heterocycles. The van der Waals surface area contributed by atoms with Crippen LogP contribution in [0.4, 0.5) is 0 Å². The van der Waals surface area contributed by atoms with Crippen molar-refractivity contribution in [1.29, 1.82) is 0 Å². The first-order valence-corrected chi connectivity index (χ1v) is 9.81. The first-order valence-electron chi connectivity index (χ1n) is 9.40. The topological polar surface area (TPSA) is 81.3 Å². The van der Waals surface area contributed by atoms with Crippen LogP contribution in [0.1, 0.15) is 36.6 Å². The van der Waals surface area contributed by atoms with Gasteiger partial charge in [-0.2, -0.15) is 0 Å².